The van der Waals surface area contributed by atoms with E-state index in [2.05, 4.69) is 31.3 Å². The van der Waals surface area contributed by atoms with Crippen LogP contribution in [0.15, 0.2) is 48.5 Å². The van der Waals surface area contributed by atoms with Crippen molar-refractivity contribution < 1.29 is 23.9 Å². The van der Waals surface area contributed by atoms with Crippen molar-refractivity contribution in [3.8, 4) is 0 Å². The second-order valence-corrected chi connectivity index (χ2v) is 7.81. The first-order valence-corrected chi connectivity index (χ1v) is 10.3. The first-order chi connectivity index (χ1) is 14.8. The molecular weight excluding hydrogens is 396 g/mol. The van der Waals surface area contributed by atoms with E-state index in [9.17, 15) is 19.2 Å². The van der Waals surface area contributed by atoms with Crippen molar-refractivity contribution in [2.75, 3.05) is 13.2 Å². The van der Waals surface area contributed by atoms with Gasteiger partial charge in [0.25, 0.3) is 17.7 Å². The van der Waals surface area contributed by atoms with Crippen LogP contribution in [0.2, 0.25) is 0 Å². The molecule has 0 radical (unpaired) electrons. The Labute approximate surface area is 181 Å². The van der Waals surface area contributed by atoms with E-state index in [0.717, 1.165) is 10.5 Å². The van der Waals surface area contributed by atoms with Crippen LogP contribution in [0.1, 0.15) is 58.5 Å². The molecule has 2 aromatic carbocycles. The second kappa shape index (κ2) is 9.55. The number of esters is 1. The van der Waals surface area contributed by atoms with Crippen LogP contribution in [0, 0.1) is 0 Å². The number of fused-ring (bicyclic) bond motifs is 1. The van der Waals surface area contributed by atoms with Gasteiger partial charge in [-0.25, -0.2) is 4.79 Å². The van der Waals surface area contributed by atoms with Crippen LogP contribution in [0.3, 0.4) is 0 Å². The monoisotopic (exact) mass is 422 g/mol. The van der Waals surface area contributed by atoms with Crippen molar-refractivity contribution in [3.63, 3.8) is 0 Å². The Bertz CT molecular complexity index is 962. The summed E-state index contributed by atoms with van der Waals surface area (Å²) in [5.41, 5.74) is 2.87. The molecular formula is C24H26N2O5. The van der Waals surface area contributed by atoms with E-state index in [1.54, 1.807) is 12.1 Å². The number of ether oxygens (including phenoxy) is 1. The molecule has 7 heteroatoms. The van der Waals surface area contributed by atoms with Crippen LogP contribution in [0.5, 0.6) is 0 Å². The van der Waals surface area contributed by atoms with Crippen molar-refractivity contribution >= 4 is 23.7 Å². The average Bonchev–Trinajstić information content (AvgIpc) is 3.02. The highest BCUT2D eigenvalue weighted by Gasteiger charge is 2.41. The van der Waals surface area contributed by atoms with Gasteiger partial charge in [0.05, 0.1) is 11.1 Å². The van der Waals surface area contributed by atoms with Crippen molar-refractivity contribution in [1.29, 1.82) is 0 Å². The topological polar surface area (TPSA) is 92.8 Å². The first kappa shape index (κ1) is 22.2. The number of carbonyl (C=O) groups is 4. The van der Waals surface area contributed by atoms with E-state index < -0.39 is 36.3 Å². The number of benzene rings is 2. The zero-order chi connectivity index (χ0) is 22.5. The number of hydrogen-bond donors (Lipinski definition) is 1. The van der Waals surface area contributed by atoms with Crippen LogP contribution in [0.4, 0.5) is 0 Å². The zero-order valence-electron chi connectivity index (χ0n) is 17.9. The van der Waals surface area contributed by atoms with Crippen LogP contribution < -0.4 is 5.32 Å². The van der Waals surface area contributed by atoms with E-state index in [-0.39, 0.29) is 11.1 Å². The van der Waals surface area contributed by atoms with Crippen molar-refractivity contribution in [2.24, 2.45) is 0 Å². The highest BCUT2D eigenvalue weighted by molar-refractivity contribution is 6.22. The van der Waals surface area contributed by atoms with Crippen molar-refractivity contribution in [3.05, 3.63) is 70.8 Å². The molecule has 31 heavy (non-hydrogen) atoms. The summed E-state index contributed by atoms with van der Waals surface area (Å²) in [6.07, 6.45) is 0.656. The minimum atomic E-state index is -1.13. The quantitative estimate of drug-likeness (QED) is 0.522. The lowest BCUT2D eigenvalue weighted by Crippen LogP contribution is -2.44. The van der Waals surface area contributed by atoms with Gasteiger partial charge in [-0.15, -0.1) is 0 Å². The zero-order valence-corrected chi connectivity index (χ0v) is 17.9. The van der Waals surface area contributed by atoms with Crippen molar-refractivity contribution in [1.82, 2.24) is 10.2 Å². The summed E-state index contributed by atoms with van der Waals surface area (Å²) in [6, 6.07) is 13.5. The SMILES string of the molecule is CC(C)c1ccc(CCNC(=O)COC(=O)[C@@H](C)N2C(=O)c3ccccc3C2=O)cc1. The summed E-state index contributed by atoms with van der Waals surface area (Å²) >= 11 is 0. The summed E-state index contributed by atoms with van der Waals surface area (Å²) in [5, 5.41) is 2.70. The molecule has 1 aliphatic rings. The van der Waals surface area contributed by atoms with Gasteiger partial charge in [0.2, 0.25) is 0 Å². The molecule has 0 aromatic heterocycles. The maximum absolute atomic E-state index is 12.4. The van der Waals surface area contributed by atoms with Gasteiger partial charge in [0.15, 0.2) is 6.61 Å². The highest BCUT2D eigenvalue weighted by Crippen LogP contribution is 2.24. The number of amides is 3. The van der Waals surface area contributed by atoms with Gasteiger partial charge < -0.3 is 10.1 Å². The Balaban J connectivity index is 1.44. The number of carbonyl (C=O) groups excluding carboxylic acids is 4. The molecule has 1 atom stereocenters. The lowest BCUT2D eigenvalue weighted by Gasteiger charge is -2.20. The minimum absolute atomic E-state index is 0.256. The van der Waals surface area contributed by atoms with Gasteiger partial charge in [-0.1, -0.05) is 50.2 Å². The Morgan fingerprint density at radius 2 is 1.52 bits per heavy atom. The highest BCUT2D eigenvalue weighted by atomic mass is 16.5. The summed E-state index contributed by atoms with van der Waals surface area (Å²) in [4.78, 5) is 50.1. The molecule has 7 nitrogen and oxygen atoms in total. The average molecular weight is 422 g/mol. The predicted octanol–water partition coefficient (Wildman–Crippen LogP) is 2.70. The molecule has 0 bridgehead atoms. The third kappa shape index (κ3) is 4.99. The maximum atomic E-state index is 12.4. The fourth-order valence-electron chi connectivity index (χ4n) is 3.39. The van der Waals surface area contributed by atoms with Crippen molar-refractivity contribution in [2.45, 2.75) is 39.2 Å². The van der Waals surface area contributed by atoms with Crippen LogP contribution in [-0.4, -0.2) is 47.8 Å². The summed E-state index contributed by atoms with van der Waals surface area (Å²) in [5.74, 6) is -1.88. The maximum Gasteiger partial charge on any atom is 0.329 e. The molecule has 3 amide bonds. The smallest absolute Gasteiger partial charge is 0.329 e. The molecule has 2 aromatic rings. The molecule has 1 N–H and O–H groups in total. The summed E-state index contributed by atoms with van der Waals surface area (Å²) in [7, 11) is 0. The number of nitrogens with one attached hydrogen (secondary N) is 1. The third-order valence-corrected chi connectivity index (χ3v) is 5.28. The molecule has 0 saturated carbocycles. The molecule has 162 valence electrons. The number of hydrogen-bond acceptors (Lipinski definition) is 5. The van der Waals surface area contributed by atoms with Crippen LogP contribution >= 0.6 is 0 Å². The molecule has 0 spiro atoms. The van der Waals surface area contributed by atoms with E-state index in [0.29, 0.717) is 18.9 Å². The minimum Gasteiger partial charge on any atom is -0.454 e. The van der Waals surface area contributed by atoms with E-state index in [1.807, 2.05) is 12.1 Å². The molecule has 1 aliphatic heterocycles. The molecule has 1 heterocycles. The van der Waals surface area contributed by atoms with Crippen LogP contribution in [0.25, 0.3) is 0 Å². The summed E-state index contributed by atoms with van der Waals surface area (Å²) < 4.78 is 5.02. The predicted molar refractivity (Wildman–Crippen MR) is 115 cm³/mol. The Kier molecular flexibility index (Phi) is 6.84. The van der Waals surface area contributed by atoms with Gasteiger partial charge in [0, 0.05) is 6.54 Å². The van der Waals surface area contributed by atoms with E-state index >= 15 is 0 Å². The number of rotatable bonds is 8. The van der Waals surface area contributed by atoms with Gasteiger partial charge in [0.1, 0.15) is 6.04 Å². The second-order valence-electron chi connectivity index (χ2n) is 7.81. The van der Waals surface area contributed by atoms with E-state index in [4.69, 9.17) is 4.74 Å². The third-order valence-electron chi connectivity index (χ3n) is 5.28. The lowest BCUT2D eigenvalue weighted by molar-refractivity contribution is -0.151. The Morgan fingerprint density at radius 3 is 2.06 bits per heavy atom. The van der Waals surface area contributed by atoms with Gasteiger partial charge in [-0.3, -0.25) is 19.3 Å². The molecule has 0 aliphatic carbocycles. The van der Waals surface area contributed by atoms with Gasteiger partial charge in [-0.2, -0.15) is 0 Å². The fraction of sp³-hybridized carbons (Fsp3) is 0.333. The Hall–Kier alpha value is -3.48. The standard InChI is InChI=1S/C24H26N2O5/c1-15(2)18-10-8-17(9-11-18)12-13-25-21(27)14-31-24(30)16(3)26-22(28)19-6-4-5-7-20(19)23(26)29/h4-11,15-16H,12-14H2,1-3H3,(H,25,27)/t16-/m1/s1. The largest absolute Gasteiger partial charge is 0.454 e. The molecule has 0 saturated heterocycles. The fourth-order valence-corrected chi connectivity index (χ4v) is 3.39. The normalized spacial score (nSPS) is 13.9. The number of nitrogens with zero attached hydrogens (tertiary/aromatic N) is 1. The number of imide groups is 1. The van der Waals surface area contributed by atoms with E-state index in [1.165, 1.54) is 24.6 Å². The van der Waals surface area contributed by atoms with Gasteiger partial charge in [-0.05, 0) is 42.5 Å². The molecule has 0 fully saturated rings. The van der Waals surface area contributed by atoms with Gasteiger partial charge >= 0.3 is 5.97 Å². The summed E-state index contributed by atoms with van der Waals surface area (Å²) in [6.45, 7) is 5.60. The van der Waals surface area contributed by atoms with Crippen LogP contribution in [-0.2, 0) is 20.7 Å². The first-order valence-electron chi connectivity index (χ1n) is 10.3. The lowest BCUT2D eigenvalue weighted by atomic mass is 10.0. The molecule has 0 unspecified atom stereocenters. The Morgan fingerprint density at radius 1 is 0.935 bits per heavy atom. The molecule has 3 rings (SSSR count).